The number of carboxylic acid groups (broad SMARTS) is 2. The van der Waals surface area contributed by atoms with Crippen LogP contribution in [0.15, 0.2) is 0 Å². The molecule has 0 aromatic carbocycles. The third kappa shape index (κ3) is 37.9. The van der Waals surface area contributed by atoms with Gasteiger partial charge < -0.3 is 25.2 Å². The van der Waals surface area contributed by atoms with E-state index in [0.29, 0.717) is 12.8 Å². The van der Waals surface area contributed by atoms with E-state index in [1.54, 1.807) is 0 Å². The summed E-state index contributed by atoms with van der Waals surface area (Å²) in [5.74, 6) is -1.55. The van der Waals surface area contributed by atoms with Crippen LogP contribution in [0, 0.1) is 0 Å². The molecule has 0 aromatic rings. The number of carboxylic acids is 2. The Kier molecular flexibility index (Phi) is 38.1. The second kappa shape index (κ2) is 36.3. The highest BCUT2D eigenvalue weighted by Crippen LogP contribution is 2.15. The molecule has 0 aliphatic heterocycles. The number of ether oxygens (including phenoxy) is 2. The predicted octanol–water partition coefficient (Wildman–Crippen LogP) is 9.36. The standard InChI is InChI=1S/2C18H34O4.H2O/c2*1-3-5-10-13-16(4-2)22-18(21)15-12-9-7-6-8-11-14-17(19)20;/h2*16H,3-15H2,1-2H3,(H,19,20);1H2. The summed E-state index contributed by atoms with van der Waals surface area (Å²) < 4.78 is 11.0. The first-order valence-corrected chi connectivity index (χ1v) is 18.0. The number of carbonyl (C=O) groups excluding carboxylic acids is 2. The first kappa shape index (κ1) is 47.2. The van der Waals surface area contributed by atoms with Gasteiger partial charge in [0.1, 0.15) is 12.2 Å². The maximum absolute atomic E-state index is 11.8. The summed E-state index contributed by atoms with van der Waals surface area (Å²) in [6, 6.07) is 0. The number of hydrogen-bond acceptors (Lipinski definition) is 6. The van der Waals surface area contributed by atoms with E-state index in [9.17, 15) is 19.2 Å². The number of hydrogen-bond donors (Lipinski definition) is 2. The van der Waals surface area contributed by atoms with Gasteiger partial charge in [-0.3, -0.25) is 19.2 Å². The molecule has 0 rings (SSSR count). The monoisotopic (exact) mass is 647 g/mol. The van der Waals surface area contributed by atoms with Gasteiger partial charge in [0.15, 0.2) is 0 Å². The fourth-order valence-corrected chi connectivity index (χ4v) is 4.93. The van der Waals surface area contributed by atoms with Crippen molar-refractivity contribution in [2.45, 2.75) is 207 Å². The zero-order chi connectivity index (χ0) is 33.3. The fourth-order valence-electron chi connectivity index (χ4n) is 4.93. The Hall–Kier alpha value is -2.16. The largest absolute Gasteiger partial charge is 0.481 e. The van der Waals surface area contributed by atoms with E-state index in [1.807, 2.05) is 0 Å². The topological polar surface area (TPSA) is 159 Å². The molecule has 0 aliphatic carbocycles. The summed E-state index contributed by atoms with van der Waals surface area (Å²) in [4.78, 5) is 44.2. The van der Waals surface area contributed by atoms with Crippen molar-refractivity contribution in [3.05, 3.63) is 0 Å². The lowest BCUT2D eigenvalue weighted by Gasteiger charge is -2.16. The van der Waals surface area contributed by atoms with E-state index in [0.717, 1.165) is 116 Å². The zero-order valence-corrected chi connectivity index (χ0v) is 29.4. The van der Waals surface area contributed by atoms with Crippen LogP contribution in [0.25, 0.3) is 0 Å². The molecule has 0 spiro atoms. The van der Waals surface area contributed by atoms with Crippen LogP contribution >= 0.6 is 0 Å². The summed E-state index contributed by atoms with van der Waals surface area (Å²) in [5, 5.41) is 17.0. The molecule has 45 heavy (non-hydrogen) atoms. The van der Waals surface area contributed by atoms with Crippen molar-refractivity contribution in [3.63, 3.8) is 0 Å². The van der Waals surface area contributed by atoms with Gasteiger partial charge in [0.2, 0.25) is 0 Å². The van der Waals surface area contributed by atoms with Crippen LogP contribution in [0.2, 0.25) is 0 Å². The molecule has 0 saturated carbocycles. The quantitative estimate of drug-likeness (QED) is 0.0577. The Morgan fingerprint density at radius 1 is 0.444 bits per heavy atom. The average molecular weight is 647 g/mol. The van der Waals surface area contributed by atoms with Gasteiger partial charge in [0, 0.05) is 25.7 Å². The van der Waals surface area contributed by atoms with Gasteiger partial charge >= 0.3 is 23.9 Å². The molecule has 0 radical (unpaired) electrons. The molecule has 0 heterocycles. The third-order valence-electron chi connectivity index (χ3n) is 7.81. The van der Waals surface area contributed by atoms with E-state index in [4.69, 9.17) is 19.7 Å². The minimum absolute atomic E-state index is 0. The molecule has 9 nitrogen and oxygen atoms in total. The van der Waals surface area contributed by atoms with Gasteiger partial charge in [0.25, 0.3) is 0 Å². The maximum Gasteiger partial charge on any atom is 0.306 e. The molecule has 4 N–H and O–H groups in total. The number of rotatable bonds is 30. The van der Waals surface area contributed by atoms with Gasteiger partial charge in [-0.2, -0.15) is 0 Å². The van der Waals surface area contributed by atoms with E-state index >= 15 is 0 Å². The van der Waals surface area contributed by atoms with Crippen LogP contribution in [0.3, 0.4) is 0 Å². The summed E-state index contributed by atoms with van der Waals surface area (Å²) in [5.41, 5.74) is 0. The fraction of sp³-hybridized carbons (Fsp3) is 0.889. The lowest BCUT2D eigenvalue weighted by Crippen LogP contribution is -2.17. The van der Waals surface area contributed by atoms with Crippen molar-refractivity contribution in [2.75, 3.05) is 0 Å². The van der Waals surface area contributed by atoms with Gasteiger partial charge in [-0.15, -0.1) is 0 Å². The Morgan fingerprint density at radius 2 is 0.733 bits per heavy atom. The van der Waals surface area contributed by atoms with Crippen LogP contribution < -0.4 is 0 Å². The highest BCUT2D eigenvalue weighted by Gasteiger charge is 2.13. The second-order valence-corrected chi connectivity index (χ2v) is 12.1. The molecule has 0 bridgehead atoms. The van der Waals surface area contributed by atoms with Crippen molar-refractivity contribution in [1.29, 1.82) is 0 Å². The summed E-state index contributed by atoms with van der Waals surface area (Å²) >= 11 is 0. The number of esters is 2. The smallest absolute Gasteiger partial charge is 0.306 e. The van der Waals surface area contributed by atoms with Gasteiger partial charge in [-0.1, -0.05) is 105 Å². The first-order valence-electron chi connectivity index (χ1n) is 18.0. The molecule has 0 saturated heterocycles. The van der Waals surface area contributed by atoms with E-state index in [-0.39, 0.29) is 42.5 Å². The van der Waals surface area contributed by atoms with Crippen molar-refractivity contribution >= 4 is 23.9 Å². The summed E-state index contributed by atoms with van der Waals surface area (Å²) in [7, 11) is 0. The molecule has 0 amide bonds. The Morgan fingerprint density at radius 3 is 1.00 bits per heavy atom. The molecule has 0 fully saturated rings. The minimum Gasteiger partial charge on any atom is -0.481 e. The van der Waals surface area contributed by atoms with Crippen molar-refractivity contribution < 1.29 is 44.3 Å². The normalized spacial score (nSPS) is 11.8. The molecule has 9 heteroatoms. The predicted molar refractivity (Wildman–Crippen MR) is 181 cm³/mol. The highest BCUT2D eigenvalue weighted by molar-refractivity contribution is 5.70. The van der Waals surface area contributed by atoms with Crippen molar-refractivity contribution in [3.8, 4) is 0 Å². The zero-order valence-electron chi connectivity index (χ0n) is 29.4. The van der Waals surface area contributed by atoms with E-state index in [1.165, 1.54) is 25.7 Å². The van der Waals surface area contributed by atoms with Crippen LogP contribution in [0.5, 0.6) is 0 Å². The highest BCUT2D eigenvalue weighted by atomic mass is 16.5. The molecular formula is C36H70O9. The molecule has 2 unspecified atom stereocenters. The Labute approximate surface area is 274 Å². The Bertz CT molecular complexity index is 638. The SMILES string of the molecule is CCCCCC(CC)OC(=O)CCCCCCCCC(=O)O.CCCCCC(CC)OC(=O)CCCCCCCCC(=O)O.O. The van der Waals surface area contributed by atoms with Gasteiger partial charge in [-0.25, -0.2) is 0 Å². The summed E-state index contributed by atoms with van der Waals surface area (Å²) in [6.45, 7) is 8.49. The van der Waals surface area contributed by atoms with Crippen molar-refractivity contribution in [1.82, 2.24) is 0 Å². The second-order valence-electron chi connectivity index (χ2n) is 12.1. The number of unbranched alkanes of at least 4 members (excludes halogenated alkanes) is 14. The van der Waals surface area contributed by atoms with Crippen molar-refractivity contribution in [2.24, 2.45) is 0 Å². The lowest BCUT2D eigenvalue weighted by atomic mass is 10.1. The van der Waals surface area contributed by atoms with Gasteiger partial charge in [0.05, 0.1) is 0 Å². The third-order valence-corrected chi connectivity index (χ3v) is 7.81. The van der Waals surface area contributed by atoms with Crippen LogP contribution in [0.4, 0.5) is 0 Å². The average Bonchev–Trinajstić information content (AvgIpc) is 2.99. The number of carbonyl (C=O) groups is 4. The molecule has 0 aliphatic rings. The van der Waals surface area contributed by atoms with E-state index < -0.39 is 11.9 Å². The van der Waals surface area contributed by atoms with E-state index in [2.05, 4.69) is 27.7 Å². The molecule has 2 atom stereocenters. The van der Waals surface area contributed by atoms with Gasteiger partial charge in [-0.05, 0) is 64.2 Å². The van der Waals surface area contributed by atoms with Crippen LogP contribution in [-0.4, -0.2) is 51.8 Å². The minimum atomic E-state index is -0.716. The number of aliphatic carboxylic acids is 2. The van der Waals surface area contributed by atoms with Crippen LogP contribution in [-0.2, 0) is 28.7 Å². The molecular weight excluding hydrogens is 576 g/mol. The van der Waals surface area contributed by atoms with Crippen LogP contribution in [0.1, 0.15) is 195 Å². The Balaban J connectivity index is -0.000000767. The summed E-state index contributed by atoms with van der Waals surface area (Å²) in [6.07, 6.45) is 24.1. The molecule has 0 aromatic heterocycles. The molecule has 268 valence electrons. The first-order chi connectivity index (χ1) is 21.2. The maximum atomic E-state index is 11.8. The lowest BCUT2D eigenvalue weighted by molar-refractivity contribution is -0.150.